The lowest BCUT2D eigenvalue weighted by molar-refractivity contribution is -0.120. The molecule has 0 aliphatic rings. The van der Waals surface area contributed by atoms with E-state index >= 15 is 0 Å². The first kappa shape index (κ1) is 15.4. The number of primary amides is 1. The Morgan fingerprint density at radius 2 is 1.62 bits per heavy atom. The Labute approximate surface area is 98.5 Å². The molecule has 2 N–H and O–H groups in total. The van der Waals surface area contributed by atoms with Crippen LogP contribution in [0.1, 0.15) is 46.5 Å². The number of carbonyl (C=O) groups excluding carboxylic acids is 1. The van der Waals surface area contributed by atoms with Crippen LogP contribution in [0, 0.1) is 5.92 Å². The number of rotatable bonds is 8. The van der Waals surface area contributed by atoms with E-state index in [0.717, 1.165) is 12.8 Å². The lowest BCUT2D eigenvalue weighted by atomic mass is 10.2. The normalized spacial score (nSPS) is 14.0. The van der Waals surface area contributed by atoms with Gasteiger partial charge in [-0.1, -0.05) is 33.6 Å². The lowest BCUT2D eigenvalue weighted by Gasteiger charge is -2.17. The van der Waals surface area contributed by atoms with Crippen LogP contribution in [0.2, 0.25) is 0 Å². The standard InChI is InChI=1S/C11H23NO3S/c1-4-6-10(7-5-2)16(14,15)8-9(3)11(12)13/h9-10H,4-8H2,1-3H3,(H2,12,13). The van der Waals surface area contributed by atoms with Crippen molar-refractivity contribution < 1.29 is 13.2 Å². The van der Waals surface area contributed by atoms with Crippen LogP contribution in [0.25, 0.3) is 0 Å². The van der Waals surface area contributed by atoms with Gasteiger partial charge in [-0.05, 0) is 12.8 Å². The Morgan fingerprint density at radius 1 is 1.19 bits per heavy atom. The minimum absolute atomic E-state index is 0.118. The number of amides is 1. The molecule has 0 aliphatic carbocycles. The van der Waals surface area contributed by atoms with Gasteiger partial charge in [-0.3, -0.25) is 4.79 Å². The molecule has 0 saturated carbocycles. The van der Waals surface area contributed by atoms with Crippen molar-refractivity contribution in [2.45, 2.75) is 51.7 Å². The van der Waals surface area contributed by atoms with Crippen molar-refractivity contribution in [3.05, 3.63) is 0 Å². The first-order valence-electron chi connectivity index (χ1n) is 5.86. The second kappa shape index (κ2) is 6.89. The average Bonchev–Trinajstić information content (AvgIpc) is 2.16. The fourth-order valence-electron chi connectivity index (χ4n) is 1.71. The first-order valence-corrected chi connectivity index (χ1v) is 7.57. The second-order valence-corrected chi connectivity index (χ2v) is 6.66. The number of carbonyl (C=O) groups is 1. The molecule has 1 unspecified atom stereocenters. The van der Waals surface area contributed by atoms with Crippen molar-refractivity contribution in [2.24, 2.45) is 11.7 Å². The maximum atomic E-state index is 12.0. The second-order valence-electron chi connectivity index (χ2n) is 4.33. The Balaban J connectivity index is 4.65. The van der Waals surface area contributed by atoms with Crippen molar-refractivity contribution in [1.29, 1.82) is 0 Å². The molecule has 0 fully saturated rings. The van der Waals surface area contributed by atoms with Gasteiger partial charge in [-0.2, -0.15) is 0 Å². The molecule has 5 heteroatoms. The predicted octanol–water partition coefficient (Wildman–Crippen LogP) is 1.49. The minimum atomic E-state index is -3.19. The molecule has 0 aromatic heterocycles. The van der Waals surface area contributed by atoms with Crippen molar-refractivity contribution in [3.8, 4) is 0 Å². The van der Waals surface area contributed by atoms with Crippen molar-refractivity contribution in [2.75, 3.05) is 5.75 Å². The maximum Gasteiger partial charge on any atom is 0.221 e. The topological polar surface area (TPSA) is 77.2 Å². The molecular weight excluding hydrogens is 226 g/mol. The van der Waals surface area contributed by atoms with Gasteiger partial charge in [-0.15, -0.1) is 0 Å². The van der Waals surface area contributed by atoms with E-state index in [4.69, 9.17) is 5.73 Å². The Hall–Kier alpha value is -0.580. The van der Waals surface area contributed by atoms with Gasteiger partial charge in [0.15, 0.2) is 9.84 Å². The zero-order valence-electron chi connectivity index (χ0n) is 10.4. The highest BCUT2D eigenvalue weighted by molar-refractivity contribution is 7.92. The molecule has 0 aromatic rings. The summed E-state index contributed by atoms with van der Waals surface area (Å²) in [6, 6.07) is 0. The molecule has 1 amide bonds. The third-order valence-electron chi connectivity index (χ3n) is 2.70. The molecule has 16 heavy (non-hydrogen) atoms. The molecule has 0 bridgehead atoms. The van der Waals surface area contributed by atoms with Gasteiger partial charge >= 0.3 is 0 Å². The lowest BCUT2D eigenvalue weighted by Crippen LogP contribution is -2.32. The molecule has 0 heterocycles. The highest BCUT2D eigenvalue weighted by Crippen LogP contribution is 2.17. The van der Waals surface area contributed by atoms with E-state index in [1.807, 2.05) is 13.8 Å². The summed E-state index contributed by atoms with van der Waals surface area (Å²) in [7, 11) is -3.19. The van der Waals surface area contributed by atoms with Crippen LogP contribution in [0.15, 0.2) is 0 Å². The van der Waals surface area contributed by atoms with Gasteiger partial charge < -0.3 is 5.73 Å². The van der Waals surface area contributed by atoms with Gasteiger partial charge in [0.25, 0.3) is 0 Å². The molecule has 0 radical (unpaired) electrons. The van der Waals surface area contributed by atoms with Crippen LogP contribution < -0.4 is 5.73 Å². The minimum Gasteiger partial charge on any atom is -0.369 e. The highest BCUT2D eigenvalue weighted by Gasteiger charge is 2.27. The zero-order valence-corrected chi connectivity index (χ0v) is 11.2. The summed E-state index contributed by atoms with van der Waals surface area (Å²) in [5.41, 5.74) is 5.09. The van der Waals surface area contributed by atoms with E-state index in [1.54, 1.807) is 6.92 Å². The van der Waals surface area contributed by atoms with Gasteiger partial charge in [0, 0.05) is 5.92 Å². The van der Waals surface area contributed by atoms with Gasteiger partial charge in [0.2, 0.25) is 5.91 Å². The first-order chi connectivity index (χ1) is 7.35. The summed E-state index contributed by atoms with van der Waals surface area (Å²) >= 11 is 0. The van der Waals surface area contributed by atoms with Crippen LogP contribution >= 0.6 is 0 Å². The quantitative estimate of drug-likeness (QED) is 0.708. The van der Waals surface area contributed by atoms with Crippen LogP contribution in [-0.4, -0.2) is 25.3 Å². The van der Waals surface area contributed by atoms with Crippen LogP contribution in [-0.2, 0) is 14.6 Å². The summed E-state index contributed by atoms with van der Waals surface area (Å²) in [5, 5.41) is -0.315. The van der Waals surface area contributed by atoms with Gasteiger partial charge in [0.1, 0.15) is 0 Å². The molecule has 0 rings (SSSR count). The fraction of sp³-hybridized carbons (Fsp3) is 0.909. The third kappa shape index (κ3) is 4.96. The van der Waals surface area contributed by atoms with Crippen molar-refractivity contribution in [3.63, 3.8) is 0 Å². The van der Waals surface area contributed by atoms with Gasteiger partial charge in [-0.25, -0.2) is 8.42 Å². The van der Waals surface area contributed by atoms with E-state index in [1.165, 1.54) is 0 Å². The SMILES string of the molecule is CCCC(CCC)S(=O)(=O)CC(C)C(N)=O. The van der Waals surface area contributed by atoms with E-state index < -0.39 is 21.7 Å². The molecule has 0 saturated heterocycles. The molecule has 96 valence electrons. The predicted molar refractivity (Wildman–Crippen MR) is 65.7 cm³/mol. The Kier molecular flexibility index (Phi) is 6.64. The van der Waals surface area contributed by atoms with E-state index in [2.05, 4.69) is 0 Å². The number of hydrogen-bond donors (Lipinski definition) is 1. The van der Waals surface area contributed by atoms with Crippen molar-refractivity contribution in [1.82, 2.24) is 0 Å². The van der Waals surface area contributed by atoms with Crippen LogP contribution in [0.4, 0.5) is 0 Å². The van der Waals surface area contributed by atoms with E-state index in [-0.39, 0.29) is 11.0 Å². The smallest absolute Gasteiger partial charge is 0.221 e. The summed E-state index contributed by atoms with van der Waals surface area (Å²) in [6.45, 7) is 5.50. The molecule has 0 aliphatic heterocycles. The molecule has 0 spiro atoms. The zero-order chi connectivity index (χ0) is 12.8. The fourth-order valence-corrected chi connectivity index (χ4v) is 4.04. The molecule has 4 nitrogen and oxygen atoms in total. The number of nitrogens with two attached hydrogens (primary N) is 1. The summed E-state index contributed by atoms with van der Waals surface area (Å²) in [6.07, 6.45) is 3.02. The number of sulfone groups is 1. The summed E-state index contributed by atoms with van der Waals surface area (Å²) in [4.78, 5) is 10.9. The van der Waals surface area contributed by atoms with E-state index in [9.17, 15) is 13.2 Å². The monoisotopic (exact) mass is 249 g/mol. The molecule has 1 atom stereocenters. The largest absolute Gasteiger partial charge is 0.369 e. The summed E-state index contributed by atoms with van der Waals surface area (Å²) < 4.78 is 24.0. The van der Waals surface area contributed by atoms with E-state index in [0.29, 0.717) is 12.8 Å². The third-order valence-corrected chi connectivity index (χ3v) is 5.15. The Morgan fingerprint density at radius 3 is 1.94 bits per heavy atom. The maximum absolute atomic E-state index is 12.0. The summed E-state index contributed by atoms with van der Waals surface area (Å²) in [5.74, 6) is -1.26. The average molecular weight is 249 g/mol. The highest BCUT2D eigenvalue weighted by atomic mass is 32.2. The number of hydrogen-bond acceptors (Lipinski definition) is 3. The molecule has 0 aromatic carbocycles. The van der Waals surface area contributed by atoms with Crippen LogP contribution in [0.3, 0.4) is 0 Å². The molecular formula is C11H23NO3S. The van der Waals surface area contributed by atoms with Crippen LogP contribution in [0.5, 0.6) is 0 Å². The van der Waals surface area contributed by atoms with Gasteiger partial charge in [0.05, 0.1) is 11.0 Å². The van der Waals surface area contributed by atoms with Crippen molar-refractivity contribution >= 4 is 15.7 Å². The Bertz CT molecular complexity index is 305.